The normalized spacial score (nSPS) is 10.3. The van der Waals surface area contributed by atoms with Crippen LogP contribution in [0.1, 0.15) is 0 Å². The zero-order chi connectivity index (χ0) is 10.7. The molecule has 0 amide bonds. The van der Waals surface area contributed by atoms with Crippen molar-refractivity contribution in [2.24, 2.45) is 0 Å². The van der Waals surface area contributed by atoms with E-state index in [4.69, 9.17) is 11.6 Å². The van der Waals surface area contributed by atoms with Gasteiger partial charge in [0.15, 0.2) is 10.3 Å². The largest absolute Gasteiger partial charge is 0.231 e. The molecule has 76 valence electrons. The molecule has 6 heteroatoms. The van der Waals surface area contributed by atoms with E-state index in [1.165, 1.54) is 11.8 Å². The molecule has 0 aromatic carbocycles. The van der Waals surface area contributed by atoms with Crippen molar-refractivity contribution in [2.75, 3.05) is 6.26 Å². The van der Waals surface area contributed by atoms with Crippen molar-refractivity contribution < 1.29 is 0 Å². The monoisotopic (exact) mass is 238 g/mol. The molecule has 0 fully saturated rings. The summed E-state index contributed by atoms with van der Waals surface area (Å²) in [6.07, 6.45) is 5.26. The van der Waals surface area contributed by atoms with Gasteiger partial charge in [0.25, 0.3) is 0 Å². The molecule has 0 aliphatic carbocycles. The van der Waals surface area contributed by atoms with Crippen molar-refractivity contribution in [1.29, 1.82) is 0 Å². The van der Waals surface area contributed by atoms with Gasteiger partial charge >= 0.3 is 0 Å². The third-order valence-electron chi connectivity index (χ3n) is 1.74. The Hall–Kier alpha value is -1.20. The third-order valence-corrected chi connectivity index (χ3v) is 2.48. The van der Waals surface area contributed by atoms with Crippen LogP contribution in [-0.4, -0.2) is 26.4 Å². The van der Waals surface area contributed by atoms with Gasteiger partial charge in [-0.2, -0.15) is 5.10 Å². The number of hydrogen-bond acceptors (Lipinski definition) is 5. The van der Waals surface area contributed by atoms with Crippen LogP contribution in [0.5, 0.6) is 0 Å². The van der Waals surface area contributed by atoms with Crippen LogP contribution in [0.25, 0.3) is 11.3 Å². The van der Waals surface area contributed by atoms with Gasteiger partial charge in [-0.1, -0.05) is 23.4 Å². The van der Waals surface area contributed by atoms with Crippen LogP contribution in [0.3, 0.4) is 0 Å². The van der Waals surface area contributed by atoms with E-state index in [0.29, 0.717) is 5.15 Å². The van der Waals surface area contributed by atoms with Gasteiger partial charge < -0.3 is 0 Å². The highest BCUT2D eigenvalue weighted by molar-refractivity contribution is 7.98. The summed E-state index contributed by atoms with van der Waals surface area (Å²) in [7, 11) is 0. The van der Waals surface area contributed by atoms with Gasteiger partial charge in [-0.3, -0.25) is 0 Å². The topological polar surface area (TPSA) is 51.6 Å². The minimum absolute atomic E-state index is 0.358. The van der Waals surface area contributed by atoms with Gasteiger partial charge in [-0.25, -0.2) is 9.97 Å². The summed E-state index contributed by atoms with van der Waals surface area (Å²) < 4.78 is 0. The quantitative estimate of drug-likeness (QED) is 0.594. The molecular formula is C9H7ClN4S. The van der Waals surface area contributed by atoms with Gasteiger partial charge in [0.1, 0.15) is 0 Å². The minimum atomic E-state index is 0.358. The Morgan fingerprint density at radius 3 is 3.00 bits per heavy atom. The Kier molecular flexibility index (Phi) is 3.13. The first-order valence-corrected chi connectivity index (χ1v) is 5.75. The number of aromatic nitrogens is 4. The molecule has 0 spiro atoms. The van der Waals surface area contributed by atoms with Crippen LogP contribution in [0, 0.1) is 0 Å². The van der Waals surface area contributed by atoms with Gasteiger partial charge in [-0.05, 0) is 18.4 Å². The molecule has 2 aromatic rings. The maximum Gasteiger partial charge on any atom is 0.187 e. The molecule has 0 aliphatic heterocycles. The SMILES string of the molecule is CSc1nccc(-c2cnnc(Cl)c2)n1. The smallest absolute Gasteiger partial charge is 0.187 e. The van der Waals surface area contributed by atoms with Crippen molar-refractivity contribution in [2.45, 2.75) is 5.16 Å². The fourth-order valence-electron chi connectivity index (χ4n) is 1.08. The molecule has 0 unspecified atom stereocenters. The molecule has 2 heterocycles. The first-order valence-electron chi connectivity index (χ1n) is 4.15. The summed E-state index contributed by atoms with van der Waals surface area (Å²) >= 11 is 7.24. The van der Waals surface area contributed by atoms with Gasteiger partial charge in [-0.15, -0.1) is 5.10 Å². The fraction of sp³-hybridized carbons (Fsp3) is 0.111. The molecule has 15 heavy (non-hydrogen) atoms. The molecule has 4 nitrogen and oxygen atoms in total. The standard InChI is InChI=1S/C9H7ClN4S/c1-15-9-11-3-2-7(13-9)6-4-8(10)14-12-5-6/h2-5H,1H3. The number of rotatable bonds is 2. The number of hydrogen-bond donors (Lipinski definition) is 0. The van der Waals surface area contributed by atoms with E-state index in [1.54, 1.807) is 18.5 Å². The van der Waals surface area contributed by atoms with E-state index >= 15 is 0 Å². The summed E-state index contributed by atoms with van der Waals surface area (Å²) in [5.41, 5.74) is 1.64. The maximum absolute atomic E-state index is 5.75. The highest BCUT2D eigenvalue weighted by atomic mass is 35.5. The lowest BCUT2D eigenvalue weighted by Crippen LogP contribution is -1.90. The Labute approximate surface area is 96.1 Å². The predicted octanol–water partition coefficient (Wildman–Crippen LogP) is 2.31. The van der Waals surface area contributed by atoms with E-state index in [9.17, 15) is 0 Å². The molecule has 0 radical (unpaired) electrons. The average molecular weight is 239 g/mol. The van der Waals surface area contributed by atoms with Crippen LogP contribution >= 0.6 is 23.4 Å². The second-order valence-corrected chi connectivity index (χ2v) is 3.86. The summed E-state index contributed by atoms with van der Waals surface area (Å²) in [5, 5.41) is 8.52. The number of thioether (sulfide) groups is 1. The highest BCUT2D eigenvalue weighted by Crippen LogP contribution is 2.19. The second-order valence-electron chi connectivity index (χ2n) is 2.70. The molecule has 0 saturated carbocycles. The zero-order valence-electron chi connectivity index (χ0n) is 7.88. The molecule has 2 rings (SSSR count). The summed E-state index contributed by atoms with van der Waals surface area (Å²) in [4.78, 5) is 8.42. The van der Waals surface area contributed by atoms with Crippen molar-refractivity contribution in [1.82, 2.24) is 20.2 Å². The lowest BCUT2D eigenvalue weighted by atomic mass is 10.2. The van der Waals surface area contributed by atoms with Crippen LogP contribution in [0.4, 0.5) is 0 Å². The van der Waals surface area contributed by atoms with Crippen molar-refractivity contribution in [3.8, 4) is 11.3 Å². The highest BCUT2D eigenvalue weighted by Gasteiger charge is 2.03. The number of nitrogens with zero attached hydrogens (tertiary/aromatic N) is 4. The summed E-state index contributed by atoms with van der Waals surface area (Å²) in [6, 6.07) is 3.54. The van der Waals surface area contributed by atoms with Crippen molar-refractivity contribution >= 4 is 23.4 Å². The first-order chi connectivity index (χ1) is 7.29. The predicted molar refractivity (Wildman–Crippen MR) is 59.8 cm³/mol. The Morgan fingerprint density at radius 1 is 1.40 bits per heavy atom. The van der Waals surface area contributed by atoms with Gasteiger partial charge in [0.2, 0.25) is 0 Å². The molecular weight excluding hydrogens is 232 g/mol. The Balaban J connectivity index is 2.44. The van der Waals surface area contributed by atoms with E-state index in [0.717, 1.165) is 16.4 Å². The van der Waals surface area contributed by atoms with Crippen LogP contribution in [0.2, 0.25) is 5.15 Å². The van der Waals surface area contributed by atoms with E-state index in [2.05, 4.69) is 20.2 Å². The molecule has 2 aromatic heterocycles. The van der Waals surface area contributed by atoms with E-state index in [1.807, 2.05) is 12.3 Å². The fourth-order valence-corrected chi connectivity index (χ4v) is 1.60. The Morgan fingerprint density at radius 2 is 2.27 bits per heavy atom. The average Bonchev–Trinajstić information content (AvgIpc) is 2.29. The minimum Gasteiger partial charge on any atom is -0.231 e. The summed E-state index contributed by atoms with van der Waals surface area (Å²) in [6.45, 7) is 0. The van der Waals surface area contributed by atoms with Gasteiger partial charge in [0, 0.05) is 11.8 Å². The lowest BCUT2D eigenvalue weighted by Gasteiger charge is -2.00. The molecule has 0 saturated heterocycles. The van der Waals surface area contributed by atoms with Gasteiger partial charge in [0.05, 0.1) is 11.9 Å². The van der Waals surface area contributed by atoms with Crippen LogP contribution in [-0.2, 0) is 0 Å². The molecule has 0 N–H and O–H groups in total. The maximum atomic E-state index is 5.75. The van der Waals surface area contributed by atoms with E-state index < -0.39 is 0 Å². The van der Waals surface area contributed by atoms with E-state index in [-0.39, 0.29) is 0 Å². The summed E-state index contributed by atoms with van der Waals surface area (Å²) in [5.74, 6) is 0. The van der Waals surface area contributed by atoms with Crippen molar-refractivity contribution in [3.63, 3.8) is 0 Å². The molecule has 0 bridgehead atoms. The van der Waals surface area contributed by atoms with Crippen LogP contribution < -0.4 is 0 Å². The van der Waals surface area contributed by atoms with Crippen molar-refractivity contribution in [3.05, 3.63) is 29.7 Å². The third kappa shape index (κ3) is 2.43. The number of halogens is 1. The van der Waals surface area contributed by atoms with Crippen LogP contribution in [0.15, 0.2) is 29.7 Å². The molecule has 0 atom stereocenters. The Bertz CT molecular complexity index is 477. The lowest BCUT2D eigenvalue weighted by molar-refractivity contribution is 0.969. The zero-order valence-corrected chi connectivity index (χ0v) is 9.46. The second kappa shape index (κ2) is 4.55. The first kappa shape index (κ1) is 10.3. The molecule has 0 aliphatic rings.